The van der Waals surface area contributed by atoms with Crippen LogP contribution in [0.2, 0.25) is 23.7 Å². The summed E-state index contributed by atoms with van der Waals surface area (Å²) < 4.78 is 23.3. The van der Waals surface area contributed by atoms with Crippen LogP contribution in [0.4, 0.5) is 15.5 Å². The minimum absolute atomic E-state index is 0.106. The van der Waals surface area contributed by atoms with Gasteiger partial charge in [0.1, 0.15) is 0 Å². The molecular formula is C42H44ClFN4O5Si. The van der Waals surface area contributed by atoms with Crippen molar-refractivity contribution in [3.05, 3.63) is 130 Å². The predicted molar refractivity (Wildman–Crippen MR) is 210 cm³/mol. The fourth-order valence-corrected chi connectivity index (χ4v) is 11.1. The lowest BCUT2D eigenvalue weighted by Gasteiger charge is -2.31. The van der Waals surface area contributed by atoms with E-state index in [-0.39, 0.29) is 50.4 Å². The number of amides is 3. The normalized spacial score (nSPS) is 22.5. The zero-order valence-corrected chi connectivity index (χ0v) is 32.4. The average Bonchev–Trinajstić information content (AvgIpc) is 3.58. The molecule has 7 rings (SSSR count). The van der Waals surface area contributed by atoms with E-state index in [1.807, 2.05) is 91.9 Å². The summed E-state index contributed by atoms with van der Waals surface area (Å²) in [5, 5.41) is 16.4. The quantitative estimate of drug-likeness (QED) is 0.125. The molecule has 0 unspecified atom stereocenters. The molecule has 0 bridgehead atoms. The predicted octanol–water partition coefficient (Wildman–Crippen LogP) is 7.60. The lowest BCUT2D eigenvalue weighted by atomic mass is 9.82. The second-order valence-corrected chi connectivity index (χ2v) is 19.1. The number of aliphatic hydroxyl groups excluding tert-OH is 1. The molecule has 0 aromatic heterocycles. The second kappa shape index (κ2) is 15.2. The Morgan fingerprint density at radius 1 is 0.981 bits per heavy atom. The number of carbonyl (C=O) groups is 3. The first-order valence-electron chi connectivity index (χ1n) is 18.4. The van der Waals surface area contributed by atoms with Crippen molar-refractivity contribution < 1.29 is 28.3 Å². The van der Waals surface area contributed by atoms with Gasteiger partial charge in [0.25, 0.3) is 5.91 Å². The van der Waals surface area contributed by atoms with Crippen molar-refractivity contribution in [2.24, 2.45) is 11.0 Å². The molecule has 4 aromatic carbocycles. The lowest BCUT2D eigenvalue weighted by molar-refractivity contribution is -0.150. The molecule has 1 fully saturated rings. The van der Waals surface area contributed by atoms with Crippen LogP contribution in [0.25, 0.3) is 0 Å². The maximum absolute atomic E-state index is 16.5. The van der Waals surface area contributed by atoms with Crippen molar-refractivity contribution in [3.8, 4) is 0 Å². The van der Waals surface area contributed by atoms with Gasteiger partial charge in [0, 0.05) is 48.0 Å². The van der Waals surface area contributed by atoms with Gasteiger partial charge >= 0.3 is 0 Å². The molecule has 3 heterocycles. The highest BCUT2D eigenvalue weighted by atomic mass is 35.5. The van der Waals surface area contributed by atoms with Crippen molar-refractivity contribution in [2.45, 2.75) is 69.6 Å². The van der Waals surface area contributed by atoms with E-state index >= 15 is 4.11 Å². The molecule has 4 atom stereocenters. The Kier molecular flexibility index (Phi) is 10.6. The third-order valence-corrected chi connectivity index (χ3v) is 13.6. The summed E-state index contributed by atoms with van der Waals surface area (Å²) in [4.78, 5) is 45.2. The third kappa shape index (κ3) is 7.13. The van der Waals surface area contributed by atoms with Crippen molar-refractivity contribution in [3.63, 3.8) is 0 Å². The van der Waals surface area contributed by atoms with Gasteiger partial charge in [-0.3, -0.25) is 14.4 Å². The number of nitrogens with zero attached hydrogens (tertiary/aromatic N) is 4. The van der Waals surface area contributed by atoms with E-state index < -0.39 is 31.6 Å². The summed E-state index contributed by atoms with van der Waals surface area (Å²) in [6.07, 6.45) is -0.182. The standard InChI is InChI=1S/C42H44ClFN4O5Si/c1-28-40(54(2,3)44)37(25-39(51)46(21-22-49)26-29-11-6-4-7-12-29)53-42(28)34-24-32(43)17-19-36(34)47(41(42)52)27-30-13-10-16-33(23-30)48-38(50)20-18-35(45-48)31-14-8-5-9-15-31/h4-17,19,23-24,28,37,40,49H,18,20-22,25-27H2,1-3H3/t28-,37+,40-,42+/m0/s1. The molecule has 4 aromatic rings. The van der Waals surface area contributed by atoms with Crippen LogP contribution in [0, 0.1) is 5.92 Å². The number of hydrogen-bond donors (Lipinski definition) is 1. The van der Waals surface area contributed by atoms with E-state index in [1.54, 1.807) is 41.1 Å². The average molecular weight is 767 g/mol. The van der Waals surface area contributed by atoms with Crippen LogP contribution in [-0.4, -0.2) is 61.1 Å². The van der Waals surface area contributed by atoms with Gasteiger partial charge in [0.2, 0.25) is 20.2 Å². The minimum atomic E-state index is -3.56. The van der Waals surface area contributed by atoms with Crippen molar-refractivity contribution >= 4 is 54.8 Å². The molecule has 280 valence electrons. The van der Waals surface area contributed by atoms with Crippen LogP contribution in [0.3, 0.4) is 0 Å². The van der Waals surface area contributed by atoms with E-state index in [9.17, 15) is 19.5 Å². The largest absolute Gasteiger partial charge is 0.395 e. The van der Waals surface area contributed by atoms with Gasteiger partial charge in [-0.1, -0.05) is 91.3 Å². The van der Waals surface area contributed by atoms with E-state index in [0.29, 0.717) is 34.8 Å². The van der Waals surface area contributed by atoms with Gasteiger partial charge in [0.05, 0.1) is 42.8 Å². The van der Waals surface area contributed by atoms with Crippen LogP contribution in [0.5, 0.6) is 0 Å². The van der Waals surface area contributed by atoms with Gasteiger partial charge in [-0.05, 0) is 60.1 Å². The highest BCUT2D eigenvalue weighted by Gasteiger charge is 2.67. The number of hydrogen-bond acceptors (Lipinski definition) is 6. The second-order valence-electron chi connectivity index (χ2n) is 14.8. The van der Waals surface area contributed by atoms with Crippen molar-refractivity contribution in [2.75, 3.05) is 23.1 Å². The van der Waals surface area contributed by atoms with Crippen LogP contribution in [0.15, 0.2) is 108 Å². The molecule has 3 amide bonds. The molecule has 0 aliphatic carbocycles. The van der Waals surface area contributed by atoms with E-state index in [0.717, 1.165) is 22.4 Å². The maximum Gasteiger partial charge on any atom is 0.264 e. The Labute approximate surface area is 321 Å². The van der Waals surface area contributed by atoms with Gasteiger partial charge in [-0.2, -0.15) is 5.10 Å². The van der Waals surface area contributed by atoms with Gasteiger partial charge in [-0.25, -0.2) is 5.01 Å². The number of halogens is 2. The zero-order chi connectivity index (χ0) is 38.2. The first-order chi connectivity index (χ1) is 25.9. The summed E-state index contributed by atoms with van der Waals surface area (Å²) in [7, 11) is -3.56. The molecule has 1 N–H and O–H groups in total. The molecule has 1 saturated heterocycles. The molecule has 1 spiro atoms. The molecular weight excluding hydrogens is 723 g/mol. The van der Waals surface area contributed by atoms with Gasteiger partial charge < -0.3 is 23.8 Å². The Morgan fingerprint density at radius 3 is 2.39 bits per heavy atom. The maximum atomic E-state index is 16.5. The topological polar surface area (TPSA) is 103 Å². The van der Waals surface area contributed by atoms with E-state index in [4.69, 9.17) is 21.4 Å². The SMILES string of the molecule is C[C@H]1[C@H]([Si](C)(C)F)[C@@H](CC(=O)N(CCO)Cc2ccccc2)O[C@]12C(=O)N(Cc1cccc(N3N=C(c4ccccc4)CCC3=O)c1)c1ccc(Cl)cc12. The monoisotopic (exact) mass is 766 g/mol. The van der Waals surface area contributed by atoms with Gasteiger partial charge in [0.15, 0.2) is 5.60 Å². The Hall–Kier alpha value is -4.68. The number of anilines is 2. The first kappa shape index (κ1) is 37.6. The van der Waals surface area contributed by atoms with Crippen LogP contribution in [-0.2, 0) is 37.8 Å². The number of fused-ring (bicyclic) bond motifs is 2. The van der Waals surface area contributed by atoms with Crippen LogP contribution >= 0.6 is 11.6 Å². The molecule has 0 saturated carbocycles. The molecule has 54 heavy (non-hydrogen) atoms. The Bertz CT molecular complexity index is 2080. The number of benzene rings is 4. The molecule has 12 heteroatoms. The number of aliphatic hydroxyl groups is 1. The highest BCUT2D eigenvalue weighted by Crippen LogP contribution is 2.60. The number of carbonyl (C=O) groups excluding carboxylic acids is 3. The third-order valence-electron chi connectivity index (χ3n) is 10.9. The summed E-state index contributed by atoms with van der Waals surface area (Å²) in [6, 6.07) is 31.8. The lowest BCUT2D eigenvalue weighted by Crippen LogP contribution is -2.45. The zero-order valence-electron chi connectivity index (χ0n) is 30.6. The van der Waals surface area contributed by atoms with E-state index in [2.05, 4.69) is 0 Å². The van der Waals surface area contributed by atoms with Crippen molar-refractivity contribution in [1.82, 2.24) is 4.90 Å². The Morgan fingerprint density at radius 2 is 1.69 bits per heavy atom. The molecule has 3 aliphatic rings. The van der Waals surface area contributed by atoms with Gasteiger partial charge in [-0.15, -0.1) is 0 Å². The fourth-order valence-electron chi connectivity index (χ4n) is 8.46. The molecule has 9 nitrogen and oxygen atoms in total. The fraction of sp³-hybridized carbons (Fsp3) is 0.333. The molecule has 0 radical (unpaired) electrons. The van der Waals surface area contributed by atoms with Crippen LogP contribution < -0.4 is 9.91 Å². The molecule has 3 aliphatic heterocycles. The summed E-state index contributed by atoms with van der Waals surface area (Å²) in [5.74, 6) is -1.39. The van der Waals surface area contributed by atoms with Crippen LogP contribution in [0.1, 0.15) is 48.4 Å². The number of rotatable bonds is 11. The minimum Gasteiger partial charge on any atom is -0.395 e. The summed E-state index contributed by atoms with van der Waals surface area (Å²) in [5.41, 5.74) is 2.86. The van der Waals surface area contributed by atoms with Crippen molar-refractivity contribution in [1.29, 1.82) is 0 Å². The summed E-state index contributed by atoms with van der Waals surface area (Å²) in [6.45, 7) is 5.33. The smallest absolute Gasteiger partial charge is 0.264 e. The highest BCUT2D eigenvalue weighted by molar-refractivity contribution is 6.72. The summed E-state index contributed by atoms with van der Waals surface area (Å²) >= 11 is 6.58. The number of ether oxygens (including phenoxy) is 1. The Balaban J connectivity index is 1.20. The number of hydrazone groups is 1. The van der Waals surface area contributed by atoms with E-state index in [1.165, 1.54) is 5.01 Å². The first-order valence-corrected chi connectivity index (χ1v) is 21.7.